The zero-order valence-corrected chi connectivity index (χ0v) is 9.53. The summed E-state index contributed by atoms with van der Waals surface area (Å²) in [5, 5.41) is 15.9. The first-order valence-corrected chi connectivity index (χ1v) is 5.27. The fourth-order valence-electron chi connectivity index (χ4n) is 1.44. The van der Waals surface area contributed by atoms with E-state index in [1.165, 1.54) is 0 Å². The lowest BCUT2D eigenvalue weighted by Gasteiger charge is -2.20. The van der Waals surface area contributed by atoms with Crippen LogP contribution in [-0.2, 0) is 6.54 Å². The van der Waals surface area contributed by atoms with E-state index >= 15 is 0 Å². The topological polar surface area (TPSA) is 71.2 Å². The molecular weight excluding hydrogens is 194 g/mol. The molecule has 1 aromatic rings. The lowest BCUT2D eigenvalue weighted by atomic mass is 10.0. The van der Waals surface area contributed by atoms with Crippen LogP contribution < -0.4 is 5.32 Å². The van der Waals surface area contributed by atoms with Gasteiger partial charge in [0.25, 0.3) is 0 Å². The van der Waals surface area contributed by atoms with Crippen LogP contribution in [0, 0.1) is 12.8 Å². The molecule has 2 N–H and O–H groups in total. The minimum absolute atomic E-state index is 0.193. The fourth-order valence-corrected chi connectivity index (χ4v) is 1.44. The maximum absolute atomic E-state index is 8.90. The zero-order chi connectivity index (χ0) is 11.3. The van der Waals surface area contributed by atoms with Gasteiger partial charge in [0.1, 0.15) is 0 Å². The lowest BCUT2D eigenvalue weighted by Crippen LogP contribution is -2.34. The van der Waals surface area contributed by atoms with E-state index in [1.807, 2.05) is 0 Å². The molecule has 0 saturated heterocycles. The number of aromatic nitrogens is 2. The molecule has 0 fully saturated rings. The smallest absolute Gasteiger partial charge is 0.240 e. The normalized spacial score (nSPS) is 13.4. The molecule has 1 atom stereocenters. The molecule has 86 valence electrons. The molecule has 0 aliphatic rings. The summed E-state index contributed by atoms with van der Waals surface area (Å²) in [6.07, 6.45) is 0.741. The fraction of sp³-hybridized carbons (Fsp3) is 0.800. The second-order valence-electron chi connectivity index (χ2n) is 3.98. The highest BCUT2D eigenvalue weighted by Gasteiger charge is 2.13. The maximum Gasteiger partial charge on any atom is 0.240 e. The summed E-state index contributed by atoms with van der Waals surface area (Å²) in [7, 11) is 0. The van der Waals surface area contributed by atoms with Gasteiger partial charge in [-0.25, -0.2) is 0 Å². The molecule has 1 heterocycles. The number of rotatable bonds is 6. The van der Waals surface area contributed by atoms with E-state index in [0.29, 0.717) is 24.2 Å². The lowest BCUT2D eigenvalue weighted by molar-refractivity contribution is 0.238. The Balaban J connectivity index is 2.39. The number of nitrogens with zero attached hydrogens (tertiary/aromatic N) is 2. The number of nitrogens with one attached hydrogen (secondary N) is 1. The van der Waals surface area contributed by atoms with Crippen LogP contribution in [0.5, 0.6) is 0 Å². The summed E-state index contributed by atoms with van der Waals surface area (Å²) in [6.45, 7) is 6.78. The van der Waals surface area contributed by atoms with Crippen LogP contribution in [0.4, 0.5) is 0 Å². The van der Waals surface area contributed by atoms with Gasteiger partial charge in [0.2, 0.25) is 5.89 Å². The Bertz CT molecular complexity index is 286. The average Bonchev–Trinajstić information content (AvgIpc) is 2.58. The van der Waals surface area contributed by atoms with Crippen LogP contribution in [-0.4, -0.2) is 27.9 Å². The summed E-state index contributed by atoms with van der Waals surface area (Å²) in [6, 6.07) is 0.280. The number of aliphatic hydroxyl groups excluding tert-OH is 1. The van der Waals surface area contributed by atoms with Crippen molar-refractivity contribution >= 4 is 0 Å². The zero-order valence-electron chi connectivity index (χ0n) is 9.53. The summed E-state index contributed by atoms with van der Waals surface area (Å²) in [5.74, 6) is 1.72. The predicted octanol–water partition coefficient (Wildman–Crippen LogP) is 0.875. The van der Waals surface area contributed by atoms with E-state index in [9.17, 15) is 0 Å². The van der Waals surface area contributed by atoms with Crippen molar-refractivity contribution in [3.63, 3.8) is 0 Å². The van der Waals surface area contributed by atoms with Gasteiger partial charge in [-0.05, 0) is 19.3 Å². The molecule has 1 rings (SSSR count). The van der Waals surface area contributed by atoms with Crippen molar-refractivity contribution < 1.29 is 9.63 Å². The van der Waals surface area contributed by atoms with E-state index in [1.54, 1.807) is 6.92 Å². The number of aliphatic hydroxyl groups is 1. The highest BCUT2D eigenvalue weighted by atomic mass is 16.5. The minimum atomic E-state index is 0.193. The monoisotopic (exact) mass is 213 g/mol. The van der Waals surface area contributed by atoms with E-state index in [-0.39, 0.29) is 12.6 Å². The van der Waals surface area contributed by atoms with Gasteiger partial charge in [-0.1, -0.05) is 19.0 Å². The van der Waals surface area contributed by atoms with E-state index < -0.39 is 0 Å². The van der Waals surface area contributed by atoms with Crippen LogP contribution in [0.15, 0.2) is 4.52 Å². The summed E-state index contributed by atoms with van der Waals surface area (Å²) < 4.78 is 4.99. The Hall–Kier alpha value is -0.940. The van der Waals surface area contributed by atoms with Crippen molar-refractivity contribution in [1.82, 2.24) is 15.5 Å². The highest BCUT2D eigenvalue weighted by Crippen LogP contribution is 2.06. The van der Waals surface area contributed by atoms with Crippen molar-refractivity contribution in [3.05, 3.63) is 11.7 Å². The van der Waals surface area contributed by atoms with Crippen LogP contribution in [0.2, 0.25) is 0 Å². The largest absolute Gasteiger partial charge is 0.396 e. The third-order valence-corrected chi connectivity index (χ3v) is 2.33. The van der Waals surface area contributed by atoms with Crippen molar-refractivity contribution in [3.8, 4) is 0 Å². The third-order valence-electron chi connectivity index (χ3n) is 2.33. The molecule has 0 bridgehead atoms. The van der Waals surface area contributed by atoms with E-state index in [4.69, 9.17) is 9.63 Å². The Labute approximate surface area is 89.9 Å². The molecule has 0 aromatic carbocycles. The van der Waals surface area contributed by atoms with Gasteiger partial charge in [-0.15, -0.1) is 0 Å². The first kappa shape index (κ1) is 12.1. The van der Waals surface area contributed by atoms with Crippen LogP contribution in [0.3, 0.4) is 0 Å². The second-order valence-corrected chi connectivity index (χ2v) is 3.98. The predicted molar refractivity (Wildman–Crippen MR) is 56.2 cm³/mol. The summed E-state index contributed by atoms with van der Waals surface area (Å²) in [4.78, 5) is 4.10. The number of hydrogen-bond acceptors (Lipinski definition) is 5. The molecule has 0 radical (unpaired) electrons. The average molecular weight is 213 g/mol. The van der Waals surface area contributed by atoms with Gasteiger partial charge in [-0.3, -0.25) is 0 Å². The molecule has 1 aromatic heterocycles. The summed E-state index contributed by atoms with van der Waals surface area (Å²) >= 11 is 0. The molecule has 0 aliphatic heterocycles. The van der Waals surface area contributed by atoms with Crippen LogP contribution >= 0.6 is 0 Å². The van der Waals surface area contributed by atoms with Gasteiger partial charge in [0, 0.05) is 12.6 Å². The van der Waals surface area contributed by atoms with E-state index in [0.717, 1.165) is 6.42 Å². The van der Waals surface area contributed by atoms with Crippen molar-refractivity contribution in [2.75, 3.05) is 6.61 Å². The van der Waals surface area contributed by atoms with Crippen LogP contribution in [0.25, 0.3) is 0 Å². The van der Waals surface area contributed by atoms with Crippen molar-refractivity contribution in [1.29, 1.82) is 0 Å². The second kappa shape index (κ2) is 5.82. The van der Waals surface area contributed by atoms with Crippen molar-refractivity contribution in [2.45, 2.75) is 39.8 Å². The first-order chi connectivity index (χ1) is 7.13. The van der Waals surface area contributed by atoms with Gasteiger partial charge < -0.3 is 14.9 Å². The third kappa shape index (κ3) is 3.97. The summed E-state index contributed by atoms with van der Waals surface area (Å²) in [5.41, 5.74) is 0. The SMILES string of the molecule is Cc1noc(CNC(CCO)C(C)C)n1. The van der Waals surface area contributed by atoms with Crippen molar-refractivity contribution in [2.24, 2.45) is 5.92 Å². The molecule has 15 heavy (non-hydrogen) atoms. The molecule has 0 spiro atoms. The first-order valence-electron chi connectivity index (χ1n) is 5.27. The standard InChI is InChI=1S/C10H19N3O2/c1-7(2)9(4-5-14)11-6-10-12-8(3)13-15-10/h7,9,11,14H,4-6H2,1-3H3. The Kier molecular flexibility index (Phi) is 4.71. The van der Waals surface area contributed by atoms with Gasteiger partial charge >= 0.3 is 0 Å². The molecule has 1 unspecified atom stereocenters. The Morgan fingerprint density at radius 2 is 2.20 bits per heavy atom. The Morgan fingerprint density at radius 3 is 2.67 bits per heavy atom. The number of hydrogen-bond donors (Lipinski definition) is 2. The molecule has 5 heteroatoms. The minimum Gasteiger partial charge on any atom is -0.396 e. The molecule has 0 amide bonds. The maximum atomic E-state index is 8.90. The Morgan fingerprint density at radius 1 is 1.47 bits per heavy atom. The molecule has 5 nitrogen and oxygen atoms in total. The quantitative estimate of drug-likeness (QED) is 0.733. The van der Waals surface area contributed by atoms with Crippen LogP contribution in [0.1, 0.15) is 32.0 Å². The van der Waals surface area contributed by atoms with Gasteiger partial charge in [-0.2, -0.15) is 4.98 Å². The van der Waals surface area contributed by atoms with Gasteiger partial charge in [0.15, 0.2) is 5.82 Å². The molecule has 0 aliphatic carbocycles. The molecule has 0 saturated carbocycles. The van der Waals surface area contributed by atoms with E-state index in [2.05, 4.69) is 29.3 Å². The molecular formula is C10H19N3O2. The number of aryl methyl sites for hydroxylation is 1. The van der Waals surface area contributed by atoms with Gasteiger partial charge in [0.05, 0.1) is 6.54 Å². The highest BCUT2D eigenvalue weighted by molar-refractivity contribution is 4.83.